The Kier molecular flexibility index (Phi) is 5.06. The standard InChI is InChI=1S/C11H14N2O5/c1-17-6-5-12-9-4-3-8(11(14)18-2)7-10(9)13(15)16/h3-4,7,12H,5-6H2,1-2H3. The number of benzene rings is 1. The van der Waals surface area contributed by atoms with Crippen LogP contribution in [0, 0.1) is 10.1 Å². The second-order valence-electron chi connectivity index (χ2n) is 3.40. The van der Waals surface area contributed by atoms with Crippen molar-refractivity contribution in [3.8, 4) is 0 Å². The fourth-order valence-electron chi connectivity index (χ4n) is 1.36. The summed E-state index contributed by atoms with van der Waals surface area (Å²) in [6.45, 7) is 0.866. The molecule has 0 aliphatic carbocycles. The number of rotatable bonds is 6. The second-order valence-corrected chi connectivity index (χ2v) is 3.40. The van der Waals surface area contributed by atoms with E-state index in [9.17, 15) is 14.9 Å². The molecule has 0 aromatic heterocycles. The Morgan fingerprint density at radius 3 is 2.72 bits per heavy atom. The summed E-state index contributed by atoms with van der Waals surface area (Å²) in [5.41, 5.74) is 0.306. The van der Waals surface area contributed by atoms with Crippen molar-refractivity contribution in [1.82, 2.24) is 0 Å². The molecule has 18 heavy (non-hydrogen) atoms. The van der Waals surface area contributed by atoms with Crippen LogP contribution in [-0.4, -0.2) is 38.3 Å². The summed E-state index contributed by atoms with van der Waals surface area (Å²) in [5.74, 6) is -0.610. The lowest BCUT2D eigenvalue weighted by Gasteiger charge is -2.07. The molecule has 1 aromatic rings. The number of nitrogens with zero attached hydrogens (tertiary/aromatic N) is 1. The molecule has 0 amide bonds. The molecule has 0 aliphatic rings. The molecular formula is C11H14N2O5. The summed E-state index contributed by atoms with van der Waals surface area (Å²) in [6.07, 6.45) is 0. The van der Waals surface area contributed by atoms with E-state index in [1.807, 2.05) is 0 Å². The molecular weight excluding hydrogens is 240 g/mol. The summed E-state index contributed by atoms with van der Waals surface area (Å²) in [4.78, 5) is 21.6. The molecule has 0 fully saturated rings. The van der Waals surface area contributed by atoms with Crippen LogP contribution in [0.5, 0.6) is 0 Å². The second kappa shape index (κ2) is 6.55. The minimum atomic E-state index is -0.610. The SMILES string of the molecule is COCCNc1ccc(C(=O)OC)cc1[N+](=O)[O-]. The fourth-order valence-corrected chi connectivity index (χ4v) is 1.36. The minimum Gasteiger partial charge on any atom is -0.465 e. The van der Waals surface area contributed by atoms with Gasteiger partial charge in [-0.05, 0) is 12.1 Å². The zero-order valence-corrected chi connectivity index (χ0v) is 10.1. The molecule has 0 saturated heterocycles. The van der Waals surface area contributed by atoms with E-state index in [4.69, 9.17) is 4.74 Å². The maximum Gasteiger partial charge on any atom is 0.338 e. The first kappa shape index (κ1) is 13.9. The highest BCUT2D eigenvalue weighted by molar-refractivity contribution is 5.91. The van der Waals surface area contributed by atoms with Crippen LogP contribution >= 0.6 is 0 Å². The van der Waals surface area contributed by atoms with Crippen LogP contribution in [0.15, 0.2) is 18.2 Å². The van der Waals surface area contributed by atoms with E-state index in [2.05, 4.69) is 10.1 Å². The van der Waals surface area contributed by atoms with Gasteiger partial charge in [-0.25, -0.2) is 4.79 Å². The molecule has 0 heterocycles. The Morgan fingerprint density at radius 1 is 1.44 bits per heavy atom. The third kappa shape index (κ3) is 3.42. The fraction of sp³-hybridized carbons (Fsp3) is 0.364. The number of nitrogens with one attached hydrogen (secondary N) is 1. The molecule has 1 aromatic carbocycles. The van der Waals surface area contributed by atoms with E-state index in [-0.39, 0.29) is 11.3 Å². The van der Waals surface area contributed by atoms with Crippen molar-refractivity contribution in [3.05, 3.63) is 33.9 Å². The van der Waals surface area contributed by atoms with Gasteiger partial charge in [0.2, 0.25) is 0 Å². The van der Waals surface area contributed by atoms with Crippen LogP contribution in [0.2, 0.25) is 0 Å². The number of anilines is 1. The maximum atomic E-state index is 11.3. The van der Waals surface area contributed by atoms with Gasteiger partial charge in [0.1, 0.15) is 5.69 Å². The lowest BCUT2D eigenvalue weighted by atomic mass is 10.1. The average molecular weight is 254 g/mol. The van der Waals surface area contributed by atoms with Gasteiger partial charge in [0, 0.05) is 19.7 Å². The molecule has 1 rings (SSSR count). The molecule has 7 nitrogen and oxygen atoms in total. The van der Waals surface area contributed by atoms with E-state index >= 15 is 0 Å². The Hall–Kier alpha value is -2.15. The zero-order chi connectivity index (χ0) is 13.5. The van der Waals surface area contributed by atoms with Gasteiger partial charge in [0.25, 0.3) is 5.69 Å². The lowest BCUT2D eigenvalue weighted by Crippen LogP contribution is -2.10. The van der Waals surface area contributed by atoms with Crippen LogP contribution in [0.3, 0.4) is 0 Å². The van der Waals surface area contributed by atoms with Crippen LogP contribution in [0.25, 0.3) is 0 Å². The smallest absolute Gasteiger partial charge is 0.338 e. The molecule has 0 saturated carbocycles. The lowest BCUT2D eigenvalue weighted by molar-refractivity contribution is -0.384. The van der Waals surface area contributed by atoms with Gasteiger partial charge in [-0.3, -0.25) is 10.1 Å². The molecule has 1 N–H and O–H groups in total. The van der Waals surface area contributed by atoms with E-state index in [1.54, 1.807) is 0 Å². The molecule has 98 valence electrons. The van der Waals surface area contributed by atoms with Gasteiger partial charge in [-0.1, -0.05) is 0 Å². The highest BCUT2D eigenvalue weighted by Crippen LogP contribution is 2.25. The van der Waals surface area contributed by atoms with Crippen LogP contribution in [-0.2, 0) is 9.47 Å². The van der Waals surface area contributed by atoms with Gasteiger partial charge in [0.15, 0.2) is 0 Å². The summed E-state index contributed by atoms with van der Waals surface area (Å²) in [5, 5.41) is 13.8. The van der Waals surface area contributed by atoms with E-state index < -0.39 is 10.9 Å². The van der Waals surface area contributed by atoms with Crippen LogP contribution in [0.4, 0.5) is 11.4 Å². The predicted molar refractivity (Wildman–Crippen MR) is 64.8 cm³/mol. The van der Waals surface area contributed by atoms with Crippen LogP contribution in [0.1, 0.15) is 10.4 Å². The number of esters is 1. The van der Waals surface area contributed by atoms with Gasteiger partial charge in [-0.15, -0.1) is 0 Å². The zero-order valence-electron chi connectivity index (χ0n) is 10.1. The molecule has 0 atom stereocenters. The number of nitro benzene ring substituents is 1. The number of hydrogen-bond donors (Lipinski definition) is 1. The first-order valence-corrected chi connectivity index (χ1v) is 5.19. The highest BCUT2D eigenvalue weighted by atomic mass is 16.6. The number of nitro groups is 1. The quantitative estimate of drug-likeness (QED) is 0.357. The van der Waals surface area contributed by atoms with Crippen molar-refractivity contribution in [2.75, 3.05) is 32.7 Å². The summed E-state index contributed by atoms with van der Waals surface area (Å²) in [6, 6.07) is 4.12. The third-order valence-electron chi connectivity index (χ3n) is 2.24. The van der Waals surface area contributed by atoms with Crippen molar-refractivity contribution in [1.29, 1.82) is 0 Å². The Labute approximate surface area is 104 Å². The molecule has 0 spiro atoms. The van der Waals surface area contributed by atoms with Crippen molar-refractivity contribution in [2.24, 2.45) is 0 Å². The molecule has 0 bridgehead atoms. The Balaban J connectivity index is 2.97. The van der Waals surface area contributed by atoms with Gasteiger partial charge in [0.05, 0.1) is 24.2 Å². The summed E-state index contributed by atoms with van der Waals surface area (Å²) in [7, 11) is 2.76. The predicted octanol–water partition coefficient (Wildman–Crippen LogP) is 1.44. The molecule has 7 heteroatoms. The first-order chi connectivity index (χ1) is 8.60. The van der Waals surface area contributed by atoms with Gasteiger partial charge < -0.3 is 14.8 Å². The normalized spacial score (nSPS) is 9.89. The number of ether oxygens (including phenoxy) is 2. The largest absolute Gasteiger partial charge is 0.465 e. The minimum absolute atomic E-state index is 0.140. The number of methoxy groups -OCH3 is 2. The van der Waals surface area contributed by atoms with Crippen molar-refractivity contribution in [3.63, 3.8) is 0 Å². The Morgan fingerprint density at radius 2 is 2.17 bits per heavy atom. The molecule has 0 unspecified atom stereocenters. The van der Waals surface area contributed by atoms with E-state index in [1.165, 1.54) is 32.4 Å². The molecule has 0 radical (unpaired) electrons. The van der Waals surface area contributed by atoms with E-state index in [0.717, 1.165) is 0 Å². The van der Waals surface area contributed by atoms with E-state index in [0.29, 0.717) is 18.8 Å². The number of hydrogen-bond acceptors (Lipinski definition) is 6. The van der Waals surface area contributed by atoms with Crippen molar-refractivity contribution in [2.45, 2.75) is 0 Å². The number of carbonyl (C=O) groups excluding carboxylic acids is 1. The average Bonchev–Trinajstić information content (AvgIpc) is 2.38. The maximum absolute atomic E-state index is 11.3. The Bertz CT molecular complexity index is 447. The monoisotopic (exact) mass is 254 g/mol. The van der Waals surface area contributed by atoms with Crippen molar-refractivity contribution < 1.29 is 19.2 Å². The summed E-state index contributed by atoms with van der Waals surface area (Å²) >= 11 is 0. The summed E-state index contributed by atoms with van der Waals surface area (Å²) < 4.78 is 9.34. The number of carbonyl (C=O) groups is 1. The van der Waals surface area contributed by atoms with Gasteiger partial charge >= 0.3 is 5.97 Å². The van der Waals surface area contributed by atoms with Gasteiger partial charge in [-0.2, -0.15) is 0 Å². The molecule has 0 aliphatic heterocycles. The first-order valence-electron chi connectivity index (χ1n) is 5.19. The topological polar surface area (TPSA) is 90.7 Å². The highest BCUT2D eigenvalue weighted by Gasteiger charge is 2.17. The van der Waals surface area contributed by atoms with Crippen LogP contribution < -0.4 is 5.32 Å². The van der Waals surface area contributed by atoms with Crippen molar-refractivity contribution >= 4 is 17.3 Å². The third-order valence-corrected chi connectivity index (χ3v) is 2.24.